The molecule has 0 radical (unpaired) electrons. The molecule has 0 aromatic heterocycles. The highest BCUT2D eigenvalue weighted by Gasteiger charge is 2.04. The maximum Gasteiger partial charge on any atom is 0.0773 e. The summed E-state index contributed by atoms with van der Waals surface area (Å²) in [6.07, 6.45) is 13.5. The second-order valence-corrected chi connectivity index (χ2v) is 9.71. The van der Waals surface area contributed by atoms with E-state index in [9.17, 15) is 5.11 Å². The van der Waals surface area contributed by atoms with E-state index in [4.69, 9.17) is 43.0 Å². The fourth-order valence-corrected chi connectivity index (χ4v) is 3.77. The van der Waals surface area contributed by atoms with Gasteiger partial charge in [0.1, 0.15) is 0 Å². The first-order chi connectivity index (χ1) is 19.8. The van der Waals surface area contributed by atoms with Gasteiger partial charge in [-0.1, -0.05) is 71.1 Å². The number of ether oxygens (including phenoxy) is 8. The van der Waals surface area contributed by atoms with Crippen LogP contribution in [-0.2, 0) is 37.9 Å². The van der Waals surface area contributed by atoms with Crippen LogP contribution in [0.25, 0.3) is 0 Å². The number of aliphatic hydroxyl groups is 2. The van der Waals surface area contributed by atoms with E-state index in [0.717, 1.165) is 12.8 Å². The normalized spacial score (nSPS) is 12.4. The zero-order valence-electron chi connectivity index (χ0n) is 25.5. The van der Waals surface area contributed by atoms with Gasteiger partial charge in [-0.3, -0.25) is 0 Å². The Morgan fingerprint density at radius 2 is 0.700 bits per heavy atom. The Morgan fingerprint density at radius 3 is 1.05 bits per heavy atom. The maximum absolute atomic E-state index is 10.0. The molecule has 0 spiro atoms. The predicted octanol–water partition coefficient (Wildman–Crippen LogP) is 3.78. The summed E-state index contributed by atoms with van der Waals surface area (Å²) < 4.78 is 43.2. The molecule has 10 nitrogen and oxygen atoms in total. The summed E-state index contributed by atoms with van der Waals surface area (Å²) in [5, 5.41) is 18.6. The molecule has 0 heterocycles. The summed E-state index contributed by atoms with van der Waals surface area (Å²) in [6, 6.07) is 0. The van der Waals surface area contributed by atoms with Crippen LogP contribution in [0.1, 0.15) is 77.6 Å². The van der Waals surface area contributed by atoms with E-state index in [1.807, 2.05) is 0 Å². The highest BCUT2D eigenvalue weighted by Crippen LogP contribution is 2.12. The van der Waals surface area contributed by atoms with Crippen LogP contribution >= 0.6 is 0 Å². The lowest BCUT2D eigenvalue weighted by Crippen LogP contribution is -2.18. The van der Waals surface area contributed by atoms with Gasteiger partial charge in [-0.05, 0) is 6.42 Å². The van der Waals surface area contributed by atoms with E-state index < -0.39 is 0 Å². The molecule has 1 unspecified atom stereocenters. The largest absolute Gasteiger partial charge is 0.394 e. The van der Waals surface area contributed by atoms with E-state index in [1.54, 1.807) is 0 Å². The fourth-order valence-electron chi connectivity index (χ4n) is 3.77. The van der Waals surface area contributed by atoms with Crippen molar-refractivity contribution < 1.29 is 48.1 Å². The third-order valence-corrected chi connectivity index (χ3v) is 6.04. The molecule has 2 N–H and O–H groups in total. The van der Waals surface area contributed by atoms with Crippen molar-refractivity contribution in [3.63, 3.8) is 0 Å². The van der Waals surface area contributed by atoms with Crippen molar-refractivity contribution in [1.29, 1.82) is 0 Å². The first-order valence-corrected chi connectivity index (χ1v) is 15.7. The van der Waals surface area contributed by atoms with Crippen LogP contribution in [0.15, 0.2) is 0 Å². The van der Waals surface area contributed by atoms with Crippen molar-refractivity contribution in [2.24, 2.45) is 0 Å². The molecule has 40 heavy (non-hydrogen) atoms. The molecule has 0 aliphatic carbocycles. The van der Waals surface area contributed by atoms with Crippen molar-refractivity contribution in [2.45, 2.75) is 83.7 Å². The van der Waals surface area contributed by atoms with E-state index >= 15 is 0 Å². The lowest BCUT2D eigenvalue weighted by Gasteiger charge is -2.11. The zero-order chi connectivity index (χ0) is 29.0. The molecule has 0 aliphatic rings. The molecular weight excluding hydrogens is 520 g/mol. The average molecular weight is 583 g/mol. The molecule has 0 saturated carbocycles. The SMILES string of the molecule is CCCCCCCCCCCCC(O)COCCOCCOCCOCCOCCOCCOCCOCCO. The van der Waals surface area contributed by atoms with Crippen molar-refractivity contribution in [2.75, 3.05) is 112 Å². The van der Waals surface area contributed by atoms with Crippen molar-refractivity contribution >= 4 is 0 Å². The van der Waals surface area contributed by atoms with Gasteiger partial charge in [0.15, 0.2) is 0 Å². The molecule has 0 aliphatic heterocycles. The predicted molar refractivity (Wildman–Crippen MR) is 156 cm³/mol. The Kier molecular flexibility index (Phi) is 36.3. The van der Waals surface area contributed by atoms with E-state index in [-0.39, 0.29) is 12.7 Å². The number of aliphatic hydroxyl groups excluding tert-OH is 2. The van der Waals surface area contributed by atoms with Gasteiger partial charge in [0, 0.05) is 0 Å². The number of hydrogen-bond acceptors (Lipinski definition) is 10. The zero-order valence-corrected chi connectivity index (χ0v) is 25.5. The van der Waals surface area contributed by atoms with Gasteiger partial charge in [0.25, 0.3) is 0 Å². The lowest BCUT2D eigenvalue weighted by molar-refractivity contribution is -0.0278. The van der Waals surface area contributed by atoms with Gasteiger partial charge < -0.3 is 48.1 Å². The van der Waals surface area contributed by atoms with Crippen LogP contribution in [0, 0.1) is 0 Å². The van der Waals surface area contributed by atoms with Crippen molar-refractivity contribution in [3.8, 4) is 0 Å². The molecule has 242 valence electrons. The average Bonchev–Trinajstić information content (AvgIpc) is 2.96. The van der Waals surface area contributed by atoms with E-state index in [1.165, 1.54) is 57.8 Å². The van der Waals surface area contributed by atoms with E-state index in [2.05, 4.69) is 6.92 Å². The minimum atomic E-state index is -0.378. The monoisotopic (exact) mass is 582 g/mol. The number of unbranched alkanes of at least 4 members (excludes halogenated alkanes) is 9. The standard InChI is InChI=1S/C30H62O10/c1-2-3-4-5-6-7-8-9-10-11-12-30(32)29-40-28-27-39-26-25-38-24-23-37-22-21-36-20-19-35-18-17-34-16-15-33-14-13-31/h30-32H,2-29H2,1H3. The topological polar surface area (TPSA) is 114 Å². The van der Waals surface area contributed by atoms with Gasteiger partial charge in [-0.2, -0.15) is 0 Å². The third-order valence-electron chi connectivity index (χ3n) is 6.04. The Bertz CT molecular complexity index is 445. The van der Waals surface area contributed by atoms with Gasteiger partial charge in [0.05, 0.1) is 118 Å². The number of rotatable bonds is 36. The summed E-state index contributed by atoms with van der Waals surface area (Å²) in [4.78, 5) is 0. The second-order valence-electron chi connectivity index (χ2n) is 9.71. The minimum Gasteiger partial charge on any atom is -0.394 e. The molecule has 10 heteroatoms. The minimum absolute atomic E-state index is 0.0293. The molecule has 0 aromatic carbocycles. The Balaban J connectivity index is 3.11. The van der Waals surface area contributed by atoms with Crippen LogP contribution in [-0.4, -0.2) is 129 Å². The van der Waals surface area contributed by atoms with Gasteiger partial charge in [-0.15, -0.1) is 0 Å². The van der Waals surface area contributed by atoms with Crippen LogP contribution in [0.3, 0.4) is 0 Å². The summed E-state index contributed by atoms with van der Waals surface area (Å²) in [5.41, 5.74) is 0. The smallest absolute Gasteiger partial charge is 0.0773 e. The van der Waals surface area contributed by atoms with Gasteiger partial charge >= 0.3 is 0 Å². The summed E-state index contributed by atoms with van der Waals surface area (Å²) in [6.45, 7) is 10.1. The van der Waals surface area contributed by atoms with Crippen LogP contribution in [0.5, 0.6) is 0 Å². The Hall–Kier alpha value is -0.400. The highest BCUT2D eigenvalue weighted by molar-refractivity contribution is 4.55. The molecule has 0 saturated heterocycles. The van der Waals surface area contributed by atoms with Gasteiger partial charge in [0.2, 0.25) is 0 Å². The number of hydrogen-bond donors (Lipinski definition) is 2. The van der Waals surface area contributed by atoms with E-state index in [0.29, 0.717) is 106 Å². The molecular formula is C30H62O10. The first-order valence-electron chi connectivity index (χ1n) is 15.7. The fraction of sp³-hybridized carbons (Fsp3) is 1.00. The summed E-state index contributed by atoms with van der Waals surface area (Å²) in [7, 11) is 0. The molecule has 0 fully saturated rings. The Labute approximate surface area is 244 Å². The quantitative estimate of drug-likeness (QED) is 0.106. The lowest BCUT2D eigenvalue weighted by atomic mass is 10.0. The molecule has 0 bridgehead atoms. The van der Waals surface area contributed by atoms with Crippen molar-refractivity contribution in [3.05, 3.63) is 0 Å². The third kappa shape index (κ3) is 35.6. The van der Waals surface area contributed by atoms with Gasteiger partial charge in [-0.25, -0.2) is 0 Å². The molecule has 0 amide bonds. The highest BCUT2D eigenvalue weighted by atomic mass is 16.6. The summed E-state index contributed by atoms with van der Waals surface area (Å²) >= 11 is 0. The van der Waals surface area contributed by atoms with Crippen LogP contribution in [0.4, 0.5) is 0 Å². The van der Waals surface area contributed by atoms with Crippen LogP contribution < -0.4 is 0 Å². The molecule has 0 rings (SSSR count). The Morgan fingerprint density at radius 1 is 0.400 bits per heavy atom. The van der Waals surface area contributed by atoms with Crippen LogP contribution in [0.2, 0.25) is 0 Å². The molecule has 0 aromatic rings. The van der Waals surface area contributed by atoms with Crippen molar-refractivity contribution in [1.82, 2.24) is 0 Å². The molecule has 1 atom stereocenters. The first kappa shape index (κ1) is 39.6. The maximum atomic E-state index is 10.0. The summed E-state index contributed by atoms with van der Waals surface area (Å²) in [5.74, 6) is 0. The second kappa shape index (κ2) is 36.6.